The molecule has 146 valence electrons. The van der Waals surface area contributed by atoms with E-state index in [4.69, 9.17) is 4.74 Å². The Morgan fingerprint density at radius 2 is 1.89 bits per heavy atom. The van der Waals surface area contributed by atoms with Crippen molar-refractivity contribution in [3.63, 3.8) is 0 Å². The number of hydrogen-bond donors (Lipinski definition) is 1. The summed E-state index contributed by atoms with van der Waals surface area (Å²) in [6, 6.07) is 7.92. The molecule has 1 N–H and O–H groups in total. The number of hydrogen-bond acceptors (Lipinski definition) is 6. The molecule has 0 unspecified atom stereocenters. The van der Waals surface area contributed by atoms with Crippen LogP contribution < -0.4 is 5.32 Å². The Labute approximate surface area is 159 Å². The van der Waals surface area contributed by atoms with Crippen molar-refractivity contribution >= 4 is 21.7 Å². The predicted octanol–water partition coefficient (Wildman–Crippen LogP) is 2.37. The molecule has 1 aromatic carbocycles. The smallest absolute Gasteiger partial charge is 0.340 e. The molecule has 0 saturated heterocycles. The standard InChI is InChI=1S/C19H24N2O5S/c1-3-27(24,25)16-10-6-5-9-15(16)18(23)26-14(2)17(22)21-19(13-20)11-7-4-8-12-19/h5-6,9-10,14H,3-4,7-8,11-12H2,1-2H3,(H,21,22)/t14-/m0/s1. The van der Waals surface area contributed by atoms with Crippen LogP contribution in [0.1, 0.15) is 56.3 Å². The van der Waals surface area contributed by atoms with Gasteiger partial charge in [0.05, 0.1) is 22.3 Å². The molecule has 0 bridgehead atoms. The van der Waals surface area contributed by atoms with Crippen LogP contribution in [0.15, 0.2) is 29.2 Å². The lowest BCUT2D eigenvalue weighted by Crippen LogP contribution is -2.52. The number of nitriles is 1. The molecule has 0 aliphatic heterocycles. The number of ether oxygens (including phenoxy) is 1. The van der Waals surface area contributed by atoms with Crippen molar-refractivity contribution in [3.8, 4) is 6.07 Å². The summed E-state index contributed by atoms with van der Waals surface area (Å²) in [5.74, 6) is -1.61. The van der Waals surface area contributed by atoms with Gasteiger partial charge in [0, 0.05) is 0 Å². The van der Waals surface area contributed by atoms with Crippen LogP contribution in [0.2, 0.25) is 0 Å². The van der Waals surface area contributed by atoms with Gasteiger partial charge in [-0.3, -0.25) is 4.79 Å². The zero-order chi connectivity index (χ0) is 20.1. The third kappa shape index (κ3) is 4.86. The van der Waals surface area contributed by atoms with Crippen LogP contribution in [-0.4, -0.2) is 37.7 Å². The van der Waals surface area contributed by atoms with Gasteiger partial charge in [-0.05, 0) is 31.9 Å². The Kier molecular flexibility index (Phi) is 6.60. The maximum absolute atomic E-state index is 12.5. The fraction of sp³-hybridized carbons (Fsp3) is 0.526. The Morgan fingerprint density at radius 1 is 1.26 bits per heavy atom. The van der Waals surface area contributed by atoms with Crippen LogP contribution >= 0.6 is 0 Å². The van der Waals surface area contributed by atoms with E-state index in [9.17, 15) is 23.3 Å². The van der Waals surface area contributed by atoms with Crippen LogP contribution in [0.5, 0.6) is 0 Å². The van der Waals surface area contributed by atoms with Gasteiger partial charge in [0.15, 0.2) is 15.9 Å². The zero-order valence-electron chi connectivity index (χ0n) is 15.5. The lowest BCUT2D eigenvalue weighted by molar-refractivity contribution is -0.130. The fourth-order valence-electron chi connectivity index (χ4n) is 3.10. The first-order chi connectivity index (χ1) is 12.7. The summed E-state index contributed by atoms with van der Waals surface area (Å²) in [5, 5.41) is 12.1. The average Bonchev–Trinajstić information content (AvgIpc) is 2.68. The minimum atomic E-state index is -3.61. The highest BCUT2D eigenvalue weighted by molar-refractivity contribution is 7.91. The number of amides is 1. The highest BCUT2D eigenvalue weighted by Crippen LogP contribution is 2.27. The molecule has 1 atom stereocenters. The van der Waals surface area contributed by atoms with Crippen LogP contribution in [0.3, 0.4) is 0 Å². The molecule has 0 radical (unpaired) electrons. The number of esters is 1. The van der Waals surface area contributed by atoms with Gasteiger partial charge >= 0.3 is 5.97 Å². The number of rotatable bonds is 6. The van der Waals surface area contributed by atoms with E-state index in [1.54, 1.807) is 0 Å². The predicted molar refractivity (Wildman–Crippen MR) is 98.6 cm³/mol. The highest BCUT2D eigenvalue weighted by Gasteiger charge is 2.35. The summed E-state index contributed by atoms with van der Waals surface area (Å²) in [6.45, 7) is 2.89. The molecule has 7 nitrogen and oxygen atoms in total. The maximum atomic E-state index is 12.5. The van der Waals surface area contributed by atoms with E-state index in [0.717, 1.165) is 19.3 Å². The number of carbonyl (C=O) groups excluding carboxylic acids is 2. The molecule has 1 aliphatic rings. The van der Waals surface area contributed by atoms with E-state index in [-0.39, 0.29) is 16.2 Å². The topological polar surface area (TPSA) is 113 Å². The molecule has 27 heavy (non-hydrogen) atoms. The molecule has 1 saturated carbocycles. The maximum Gasteiger partial charge on any atom is 0.340 e. The van der Waals surface area contributed by atoms with Gasteiger partial charge < -0.3 is 10.1 Å². The Morgan fingerprint density at radius 3 is 2.48 bits per heavy atom. The highest BCUT2D eigenvalue weighted by atomic mass is 32.2. The Hall–Kier alpha value is -2.40. The van der Waals surface area contributed by atoms with Gasteiger partial charge in [0.2, 0.25) is 0 Å². The molecule has 2 rings (SSSR count). The number of benzene rings is 1. The normalized spacial score (nSPS) is 17.4. The molecule has 1 aromatic rings. The summed E-state index contributed by atoms with van der Waals surface area (Å²) in [4.78, 5) is 24.8. The van der Waals surface area contributed by atoms with E-state index >= 15 is 0 Å². The molecule has 0 spiro atoms. The van der Waals surface area contributed by atoms with Crippen molar-refractivity contribution in [2.75, 3.05) is 5.75 Å². The summed E-state index contributed by atoms with van der Waals surface area (Å²) in [7, 11) is -3.61. The van der Waals surface area contributed by atoms with Gasteiger partial charge in [-0.2, -0.15) is 5.26 Å². The zero-order valence-corrected chi connectivity index (χ0v) is 16.3. The van der Waals surface area contributed by atoms with Crippen molar-refractivity contribution in [3.05, 3.63) is 29.8 Å². The van der Waals surface area contributed by atoms with Gasteiger partial charge in [-0.1, -0.05) is 38.3 Å². The summed E-state index contributed by atoms with van der Waals surface area (Å²) >= 11 is 0. The van der Waals surface area contributed by atoms with Gasteiger partial charge in [-0.15, -0.1) is 0 Å². The van der Waals surface area contributed by atoms with Gasteiger partial charge in [-0.25, -0.2) is 13.2 Å². The second kappa shape index (κ2) is 8.53. The minimum Gasteiger partial charge on any atom is -0.449 e. The molecule has 8 heteroatoms. The number of carbonyl (C=O) groups is 2. The second-order valence-electron chi connectivity index (χ2n) is 6.69. The molecule has 0 heterocycles. The van der Waals surface area contributed by atoms with Gasteiger partial charge in [0.25, 0.3) is 5.91 Å². The fourth-order valence-corrected chi connectivity index (χ4v) is 4.18. The Balaban J connectivity index is 2.12. The molecule has 1 fully saturated rings. The van der Waals surface area contributed by atoms with E-state index in [1.807, 2.05) is 0 Å². The second-order valence-corrected chi connectivity index (χ2v) is 8.94. The number of nitrogens with one attached hydrogen (secondary N) is 1. The van der Waals surface area contributed by atoms with Crippen molar-refractivity contribution in [2.24, 2.45) is 0 Å². The first-order valence-electron chi connectivity index (χ1n) is 9.01. The number of nitrogens with zero attached hydrogens (tertiary/aromatic N) is 1. The summed E-state index contributed by atoms with van der Waals surface area (Å²) in [6.07, 6.45) is 2.70. The summed E-state index contributed by atoms with van der Waals surface area (Å²) < 4.78 is 29.5. The Bertz CT molecular complexity index is 851. The molecule has 1 aliphatic carbocycles. The van der Waals surface area contributed by atoms with Crippen molar-refractivity contribution in [1.29, 1.82) is 5.26 Å². The number of sulfone groups is 1. The lowest BCUT2D eigenvalue weighted by Gasteiger charge is -2.32. The van der Waals surface area contributed by atoms with E-state index in [2.05, 4.69) is 11.4 Å². The van der Waals surface area contributed by atoms with Crippen molar-refractivity contribution in [1.82, 2.24) is 5.32 Å². The van der Waals surface area contributed by atoms with Crippen LogP contribution in [0.4, 0.5) is 0 Å². The molecule has 1 amide bonds. The van der Waals surface area contributed by atoms with E-state index in [1.165, 1.54) is 38.1 Å². The largest absolute Gasteiger partial charge is 0.449 e. The average molecular weight is 392 g/mol. The molecular weight excluding hydrogens is 368 g/mol. The lowest BCUT2D eigenvalue weighted by atomic mass is 9.83. The van der Waals surface area contributed by atoms with Crippen LogP contribution in [0.25, 0.3) is 0 Å². The summed E-state index contributed by atoms with van der Waals surface area (Å²) in [5.41, 5.74) is -1.04. The molecule has 0 aromatic heterocycles. The monoisotopic (exact) mass is 392 g/mol. The molecular formula is C19H24N2O5S. The van der Waals surface area contributed by atoms with Crippen molar-refractivity contribution in [2.45, 2.75) is 62.5 Å². The quantitative estimate of drug-likeness (QED) is 0.744. The van der Waals surface area contributed by atoms with Gasteiger partial charge in [0.1, 0.15) is 5.54 Å². The first-order valence-corrected chi connectivity index (χ1v) is 10.7. The third-order valence-electron chi connectivity index (χ3n) is 4.76. The SMILES string of the molecule is CCS(=O)(=O)c1ccccc1C(=O)O[C@@H](C)C(=O)NC1(C#N)CCCCC1. The first kappa shape index (κ1) is 20.9. The van der Waals surface area contributed by atoms with Crippen molar-refractivity contribution < 1.29 is 22.7 Å². The third-order valence-corrected chi connectivity index (χ3v) is 6.54. The van der Waals surface area contributed by atoms with Crippen LogP contribution in [-0.2, 0) is 19.4 Å². The van der Waals surface area contributed by atoms with Crippen LogP contribution in [0, 0.1) is 11.3 Å². The van der Waals surface area contributed by atoms with E-state index in [0.29, 0.717) is 12.8 Å². The minimum absolute atomic E-state index is 0.105. The van der Waals surface area contributed by atoms with E-state index < -0.39 is 33.4 Å².